The van der Waals surface area contributed by atoms with E-state index in [9.17, 15) is 28.3 Å². The number of likely N-dealkylation sites (tertiary alicyclic amines) is 1. The number of halogens is 3. The molecule has 3 heterocycles. The van der Waals surface area contributed by atoms with E-state index in [1.165, 1.54) is 43.0 Å². The van der Waals surface area contributed by atoms with E-state index in [-0.39, 0.29) is 11.3 Å². The van der Waals surface area contributed by atoms with Crippen molar-refractivity contribution in [2.45, 2.75) is 45.0 Å². The van der Waals surface area contributed by atoms with Crippen molar-refractivity contribution in [3.8, 4) is 11.8 Å². The summed E-state index contributed by atoms with van der Waals surface area (Å²) < 4.78 is 43.6. The van der Waals surface area contributed by atoms with Crippen LogP contribution in [0.1, 0.15) is 49.4 Å². The van der Waals surface area contributed by atoms with Crippen molar-refractivity contribution in [3.63, 3.8) is 0 Å². The average molecular weight is 606 g/mol. The molecule has 1 unspecified atom stereocenters. The molecule has 1 saturated heterocycles. The predicted molar refractivity (Wildman–Crippen MR) is 161 cm³/mol. The average Bonchev–Trinajstić information content (AvgIpc) is 3.66. The molecule has 3 aromatic rings. The number of carbonyl (C=O) groups excluding carboxylic acids is 1. The molecule has 2 aliphatic rings. The minimum atomic E-state index is -4.59. The number of hydrogen-bond donors (Lipinski definition) is 2. The van der Waals surface area contributed by atoms with Crippen molar-refractivity contribution < 1.29 is 27.6 Å². The quantitative estimate of drug-likeness (QED) is 0.252. The molecule has 2 N–H and O–H groups in total. The fourth-order valence-electron chi connectivity index (χ4n) is 6.03. The molecule has 2 aromatic carbocycles. The second-order valence-corrected chi connectivity index (χ2v) is 11.6. The fourth-order valence-corrected chi connectivity index (χ4v) is 6.03. The second kappa shape index (κ2) is 12.7. The van der Waals surface area contributed by atoms with Gasteiger partial charge in [-0.15, -0.1) is 0 Å². The lowest BCUT2D eigenvalue weighted by molar-refractivity contribution is -0.897. The molecule has 0 radical (unpaired) electrons. The summed E-state index contributed by atoms with van der Waals surface area (Å²) in [5.41, 5.74) is 1.86. The van der Waals surface area contributed by atoms with Crippen LogP contribution < -0.4 is 10.2 Å². The lowest BCUT2D eigenvalue weighted by Gasteiger charge is -2.36. The number of nitriles is 1. The van der Waals surface area contributed by atoms with Crippen LogP contribution in [-0.4, -0.2) is 64.7 Å². The van der Waals surface area contributed by atoms with Gasteiger partial charge in [-0.05, 0) is 74.4 Å². The molecule has 0 spiro atoms. The van der Waals surface area contributed by atoms with Gasteiger partial charge in [0.15, 0.2) is 6.23 Å². The first-order valence-electron chi connectivity index (χ1n) is 14.7. The molecular weight excluding hydrogens is 569 g/mol. The van der Waals surface area contributed by atoms with Gasteiger partial charge in [0.1, 0.15) is 0 Å². The Hall–Kier alpha value is -4.40. The van der Waals surface area contributed by atoms with E-state index >= 15 is 0 Å². The summed E-state index contributed by atoms with van der Waals surface area (Å²) in [6, 6.07) is 15.3. The Morgan fingerprint density at radius 2 is 1.84 bits per heavy atom. The molecule has 2 aliphatic heterocycles. The number of rotatable bonds is 9. The number of nitrogens with one attached hydrogen (secondary N) is 1. The van der Waals surface area contributed by atoms with Crippen molar-refractivity contribution in [2.24, 2.45) is 0 Å². The number of benzene rings is 2. The van der Waals surface area contributed by atoms with Crippen LogP contribution in [0.15, 0.2) is 78.1 Å². The third-order valence-corrected chi connectivity index (χ3v) is 8.50. The molecule has 1 atom stereocenters. The number of quaternary nitrogens is 1. The standard InChI is InChI=1S/C33H35F3N6O2/c1-23-28(30-14-16-39-41(30)26-12-10-24(22-37)11-13-26)21-29(31(43)38-15-3-4-17-42(2)18-5-6-19-42)32(44)40(23)27-9-7-8-25(20-27)33(34,35)36/h7-14,16,20-21,32,44H,3-6,15,17-19H2,1-2H3/p+1. The van der Waals surface area contributed by atoms with Crippen LogP contribution in [0.3, 0.4) is 0 Å². The van der Waals surface area contributed by atoms with E-state index in [1.54, 1.807) is 54.2 Å². The number of aliphatic hydroxyl groups excluding tert-OH is 1. The first-order valence-corrected chi connectivity index (χ1v) is 14.7. The van der Waals surface area contributed by atoms with Crippen molar-refractivity contribution >= 4 is 17.2 Å². The smallest absolute Gasteiger partial charge is 0.369 e. The highest BCUT2D eigenvalue weighted by Crippen LogP contribution is 2.38. The third-order valence-electron chi connectivity index (χ3n) is 8.50. The van der Waals surface area contributed by atoms with Crippen molar-refractivity contribution in [1.29, 1.82) is 5.26 Å². The molecule has 1 fully saturated rings. The van der Waals surface area contributed by atoms with E-state index in [1.807, 2.05) is 0 Å². The molecule has 0 saturated carbocycles. The van der Waals surface area contributed by atoms with Crippen molar-refractivity contribution in [2.75, 3.05) is 38.1 Å². The zero-order chi connectivity index (χ0) is 31.5. The molecular formula is C33H36F3N6O2+. The van der Waals surface area contributed by atoms with Crippen LogP contribution in [0, 0.1) is 11.3 Å². The van der Waals surface area contributed by atoms with E-state index in [4.69, 9.17) is 0 Å². The molecule has 230 valence electrons. The largest absolute Gasteiger partial charge is 0.416 e. The molecule has 11 heteroatoms. The highest BCUT2D eigenvalue weighted by molar-refractivity contribution is 6.00. The van der Waals surface area contributed by atoms with Crippen molar-refractivity contribution in [1.82, 2.24) is 15.1 Å². The van der Waals surface area contributed by atoms with Gasteiger partial charge in [0, 0.05) is 36.3 Å². The summed E-state index contributed by atoms with van der Waals surface area (Å²) in [6.45, 7) is 5.47. The highest BCUT2D eigenvalue weighted by Gasteiger charge is 2.36. The van der Waals surface area contributed by atoms with E-state index < -0.39 is 23.9 Å². The molecule has 0 bridgehead atoms. The third kappa shape index (κ3) is 6.56. The predicted octanol–water partition coefficient (Wildman–Crippen LogP) is 5.40. The second-order valence-electron chi connectivity index (χ2n) is 11.6. The Balaban J connectivity index is 1.47. The summed E-state index contributed by atoms with van der Waals surface area (Å²) in [5.74, 6) is -0.495. The maximum absolute atomic E-state index is 13.7. The van der Waals surface area contributed by atoms with Crippen LogP contribution in [-0.2, 0) is 11.0 Å². The van der Waals surface area contributed by atoms with Gasteiger partial charge in [-0.25, -0.2) is 4.68 Å². The van der Waals surface area contributed by atoms with Crippen molar-refractivity contribution in [3.05, 3.63) is 95.0 Å². The topological polar surface area (TPSA) is 94.2 Å². The Kier molecular flexibility index (Phi) is 8.95. The van der Waals surface area contributed by atoms with Gasteiger partial charge in [0.25, 0.3) is 5.91 Å². The number of nitrogens with zero attached hydrogens (tertiary/aromatic N) is 5. The zero-order valence-electron chi connectivity index (χ0n) is 24.8. The van der Waals surface area contributed by atoms with E-state index in [2.05, 4.69) is 23.5 Å². The fraction of sp³-hybridized carbons (Fsp3) is 0.364. The minimum absolute atomic E-state index is 0.00845. The number of allylic oxidation sites excluding steroid dienone is 3. The van der Waals surface area contributed by atoms with Gasteiger partial charge in [-0.2, -0.15) is 23.5 Å². The number of hydrogen-bond acceptors (Lipinski definition) is 5. The van der Waals surface area contributed by atoms with Gasteiger partial charge in [-0.1, -0.05) is 6.07 Å². The van der Waals surface area contributed by atoms with Gasteiger partial charge in [0.2, 0.25) is 0 Å². The number of anilines is 1. The molecule has 0 aliphatic carbocycles. The molecule has 44 heavy (non-hydrogen) atoms. The monoisotopic (exact) mass is 605 g/mol. The van der Waals surface area contributed by atoms with Crippen LogP contribution in [0.4, 0.5) is 18.9 Å². The first kappa shape index (κ1) is 31.0. The summed E-state index contributed by atoms with van der Waals surface area (Å²) in [7, 11) is 2.26. The Labute approximate surface area is 254 Å². The summed E-state index contributed by atoms with van der Waals surface area (Å²) in [4.78, 5) is 14.9. The number of aromatic nitrogens is 2. The SMILES string of the molecule is CC1=C(c2ccnn2-c2ccc(C#N)cc2)C=C(C(=O)NCCCC[N+]2(C)CCCC2)C(O)N1c1cccc(C(F)(F)F)c1. The summed E-state index contributed by atoms with van der Waals surface area (Å²) >= 11 is 0. The van der Waals surface area contributed by atoms with Crippen LogP contribution in [0.25, 0.3) is 11.3 Å². The number of carbonyl (C=O) groups is 1. The number of unbranched alkanes of at least 4 members (excludes halogenated alkanes) is 1. The Morgan fingerprint density at radius 3 is 2.52 bits per heavy atom. The van der Waals surface area contributed by atoms with Gasteiger partial charge in [0.05, 0.1) is 67.0 Å². The lowest BCUT2D eigenvalue weighted by atomic mass is 9.97. The number of aliphatic hydroxyl groups is 1. The first-order chi connectivity index (χ1) is 21.0. The number of alkyl halides is 3. The maximum atomic E-state index is 13.7. The van der Waals surface area contributed by atoms with Gasteiger partial charge >= 0.3 is 6.18 Å². The maximum Gasteiger partial charge on any atom is 0.416 e. The molecule has 1 amide bonds. The Morgan fingerprint density at radius 1 is 1.11 bits per heavy atom. The summed E-state index contributed by atoms with van der Waals surface area (Å²) in [6.07, 6.45) is 1.23. The zero-order valence-corrected chi connectivity index (χ0v) is 24.8. The van der Waals surface area contributed by atoms with Crippen LogP contribution in [0.2, 0.25) is 0 Å². The van der Waals surface area contributed by atoms with Crippen LogP contribution >= 0.6 is 0 Å². The number of amides is 1. The summed E-state index contributed by atoms with van der Waals surface area (Å²) in [5, 5.41) is 28.0. The minimum Gasteiger partial charge on any atom is -0.369 e. The molecule has 5 rings (SSSR count). The van der Waals surface area contributed by atoms with E-state index in [0.717, 1.165) is 36.0 Å². The van der Waals surface area contributed by atoms with E-state index in [0.29, 0.717) is 34.8 Å². The van der Waals surface area contributed by atoms with Gasteiger partial charge in [-0.3, -0.25) is 4.79 Å². The Bertz CT molecular complexity index is 1610. The lowest BCUT2D eigenvalue weighted by Crippen LogP contribution is -2.44. The highest BCUT2D eigenvalue weighted by atomic mass is 19.4. The van der Waals surface area contributed by atoms with Gasteiger partial charge < -0.3 is 19.8 Å². The normalized spacial score (nSPS) is 18.2. The molecule has 1 aromatic heterocycles. The van der Waals surface area contributed by atoms with Crippen LogP contribution in [0.5, 0.6) is 0 Å². The molecule has 8 nitrogen and oxygen atoms in total.